The molecule has 1 rings (SSSR count). The molecule has 1 aromatic carbocycles. The molecule has 0 saturated heterocycles. The van der Waals surface area contributed by atoms with E-state index in [0.29, 0.717) is 11.5 Å². The van der Waals surface area contributed by atoms with E-state index in [1.807, 2.05) is 12.1 Å². The second-order valence-corrected chi connectivity index (χ2v) is 3.12. The number of hydrogen-bond donors (Lipinski definition) is 2. The first-order valence-corrected chi connectivity index (χ1v) is 3.98. The molecule has 0 aliphatic carbocycles. The Morgan fingerprint density at radius 2 is 2.08 bits per heavy atom. The molecule has 0 atom stereocenters. The summed E-state index contributed by atoms with van der Waals surface area (Å²) in [7, 11) is 0. The molecule has 0 unspecified atom stereocenters. The second-order valence-electron chi connectivity index (χ2n) is 3.12. The van der Waals surface area contributed by atoms with Crippen LogP contribution in [0.2, 0.25) is 0 Å². The van der Waals surface area contributed by atoms with Crippen LogP contribution in [-0.4, -0.2) is 11.3 Å². The number of phenols is 1. The molecule has 2 N–H and O–H groups in total. The number of rotatable bonds is 2. The van der Waals surface area contributed by atoms with Crippen molar-refractivity contribution in [2.75, 3.05) is 0 Å². The van der Waals surface area contributed by atoms with Gasteiger partial charge in [-0.3, -0.25) is 0 Å². The lowest BCUT2D eigenvalue weighted by atomic mass is 10.0. The minimum Gasteiger partial charge on any atom is -0.507 e. The highest BCUT2D eigenvalue weighted by Crippen LogP contribution is 2.21. The summed E-state index contributed by atoms with van der Waals surface area (Å²) in [6, 6.07) is 5.36. The molecule has 64 valence electrons. The van der Waals surface area contributed by atoms with Crippen molar-refractivity contribution in [2.45, 2.75) is 19.8 Å². The van der Waals surface area contributed by atoms with Gasteiger partial charge in [-0.2, -0.15) is 0 Å². The van der Waals surface area contributed by atoms with Crippen LogP contribution < -0.4 is 0 Å². The van der Waals surface area contributed by atoms with Crippen LogP contribution in [-0.2, 0) is 0 Å². The first-order valence-electron chi connectivity index (χ1n) is 3.98. The predicted molar refractivity (Wildman–Crippen MR) is 50.1 cm³/mol. The number of benzene rings is 1. The van der Waals surface area contributed by atoms with Gasteiger partial charge in [-0.15, -0.1) is 0 Å². The van der Waals surface area contributed by atoms with Crippen molar-refractivity contribution >= 4 is 6.21 Å². The zero-order valence-corrected chi connectivity index (χ0v) is 7.33. The van der Waals surface area contributed by atoms with Gasteiger partial charge in [-0.05, 0) is 23.6 Å². The van der Waals surface area contributed by atoms with E-state index >= 15 is 0 Å². The van der Waals surface area contributed by atoms with Gasteiger partial charge in [0, 0.05) is 11.8 Å². The van der Waals surface area contributed by atoms with Gasteiger partial charge in [-0.25, -0.2) is 0 Å². The van der Waals surface area contributed by atoms with Crippen molar-refractivity contribution in [1.29, 1.82) is 5.41 Å². The van der Waals surface area contributed by atoms with Crippen molar-refractivity contribution in [3.63, 3.8) is 0 Å². The van der Waals surface area contributed by atoms with E-state index in [1.165, 1.54) is 6.21 Å². The number of nitrogens with one attached hydrogen (secondary N) is 1. The van der Waals surface area contributed by atoms with E-state index in [1.54, 1.807) is 6.07 Å². The van der Waals surface area contributed by atoms with E-state index in [4.69, 9.17) is 5.41 Å². The van der Waals surface area contributed by atoms with Gasteiger partial charge in [0.2, 0.25) is 0 Å². The molecule has 0 fully saturated rings. The third-order valence-corrected chi connectivity index (χ3v) is 1.87. The highest BCUT2D eigenvalue weighted by molar-refractivity contribution is 5.81. The lowest BCUT2D eigenvalue weighted by Gasteiger charge is -2.06. The van der Waals surface area contributed by atoms with Crippen LogP contribution in [0.15, 0.2) is 18.2 Å². The molecule has 1 aromatic rings. The zero-order valence-electron chi connectivity index (χ0n) is 7.33. The van der Waals surface area contributed by atoms with E-state index in [-0.39, 0.29) is 5.75 Å². The summed E-state index contributed by atoms with van der Waals surface area (Å²) >= 11 is 0. The summed E-state index contributed by atoms with van der Waals surface area (Å²) in [6.45, 7) is 4.17. The van der Waals surface area contributed by atoms with E-state index < -0.39 is 0 Å². The molecule has 0 spiro atoms. The fraction of sp³-hybridized carbons (Fsp3) is 0.300. The fourth-order valence-electron chi connectivity index (χ4n) is 1.05. The topological polar surface area (TPSA) is 44.1 Å². The van der Waals surface area contributed by atoms with Crippen molar-refractivity contribution in [1.82, 2.24) is 0 Å². The van der Waals surface area contributed by atoms with Gasteiger partial charge in [-0.1, -0.05) is 19.9 Å². The SMILES string of the molecule is CC(C)c1ccc(O)c(C=N)c1. The summed E-state index contributed by atoms with van der Waals surface area (Å²) in [4.78, 5) is 0. The first kappa shape index (κ1) is 8.78. The van der Waals surface area contributed by atoms with E-state index in [9.17, 15) is 5.11 Å². The molecule has 12 heavy (non-hydrogen) atoms. The quantitative estimate of drug-likeness (QED) is 0.646. The standard InChI is InChI=1S/C10H13NO/c1-7(2)8-3-4-10(12)9(5-8)6-11/h3-7,11-12H,1-2H3. The molecule has 2 nitrogen and oxygen atoms in total. The normalized spacial score (nSPS) is 10.2. The van der Waals surface area contributed by atoms with Crippen molar-refractivity contribution in [3.8, 4) is 5.75 Å². The van der Waals surface area contributed by atoms with Crippen LogP contribution in [0.3, 0.4) is 0 Å². The second kappa shape index (κ2) is 3.39. The highest BCUT2D eigenvalue weighted by atomic mass is 16.3. The minimum absolute atomic E-state index is 0.175. The van der Waals surface area contributed by atoms with Crippen molar-refractivity contribution in [3.05, 3.63) is 29.3 Å². The van der Waals surface area contributed by atoms with Gasteiger partial charge < -0.3 is 10.5 Å². The lowest BCUT2D eigenvalue weighted by Crippen LogP contribution is -1.89. The van der Waals surface area contributed by atoms with Gasteiger partial charge in [0.1, 0.15) is 5.75 Å². The molecule has 0 aliphatic rings. The van der Waals surface area contributed by atoms with Gasteiger partial charge in [0.05, 0.1) is 0 Å². The Hall–Kier alpha value is -1.31. The maximum Gasteiger partial charge on any atom is 0.124 e. The molecule has 0 radical (unpaired) electrons. The third kappa shape index (κ3) is 1.64. The largest absolute Gasteiger partial charge is 0.507 e. The molecule has 0 aliphatic heterocycles. The van der Waals surface area contributed by atoms with Crippen LogP contribution in [0.25, 0.3) is 0 Å². The number of aromatic hydroxyl groups is 1. The Kier molecular flexibility index (Phi) is 2.48. The van der Waals surface area contributed by atoms with E-state index in [0.717, 1.165) is 5.56 Å². The van der Waals surface area contributed by atoms with Crippen molar-refractivity contribution in [2.24, 2.45) is 0 Å². The van der Waals surface area contributed by atoms with Crippen molar-refractivity contribution < 1.29 is 5.11 Å². The molecular weight excluding hydrogens is 150 g/mol. The molecule has 0 bridgehead atoms. The van der Waals surface area contributed by atoms with Gasteiger partial charge >= 0.3 is 0 Å². The van der Waals surface area contributed by atoms with Crippen LogP contribution in [0.4, 0.5) is 0 Å². The summed E-state index contributed by atoms with van der Waals surface area (Å²) in [5.41, 5.74) is 1.73. The predicted octanol–water partition coefficient (Wildman–Crippen LogP) is 2.51. The zero-order chi connectivity index (χ0) is 9.14. The number of phenolic OH excluding ortho intramolecular Hbond substituents is 1. The smallest absolute Gasteiger partial charge is 0.124 e. The molecule has 0 amide bonds. The first-order chi connectivity index (χ1) is 5.65. The Morgan fingerprint density at radius 1 is 1.42 bits per heavy atom. The average Bonchev–Trinajstić information content (AvgIpc) is 2.05. The average molecular weight is 163 g/mol. The van der Waals surface area contributed by atoms with Crippen LogP contribution in [0, 0.1) is 5.41 Å². The van der Waals surface area contributed by atoms with Crippen LogP contribution in [0.1, 0.15) is 30.9 Å². The Labute approximate surface area is 72.4 Å². The van der Waals surface area contributed by atoms with Gasteiger partial charge in [0.15, 0.2) is 0 Å². The summed E-state index contributed by atoms with van der Waals surface area (Å²) in [6.07, 6.45) is 1.17. The molecule has 0 heterocycles. The summed E-state index contributed by atoms with van der Waals surface area (Å²) < 4.78 is 0. The number of hydrogen-bond acceptors (Lipinski definition) is 2. The Balaban J connectivity index is 3.13. The highest BCUT2D eigenvalue weighted by Gasteiger charge is 2.02. The Morgan fingerprint density at radius 3 is 2.58 bits per heavy atom. The monoisotopic (exact) mass is 163 g/mol. The van der Waals surface area contributed by atoms with Crippen LogP contribution in [0.5, 0.6) is 5.75 Å². The lowest BCUT2D eigenvalue weighted by molar-refractivity contribution is 0.474. The van der Waals surface area contributed by atoms with Crippen LogP contribution >= 0.6 is 0 Å². The maximum absolute atomic E-state index is 9.27. The minimum atomic E-state index is 0.175. The third-order valence-electron chi connectivity index (χ3n) is 1.87. The maximum atomic E-state index is 9.27. The summed E-state index contributed by atoms with van der Waals surface area (Å²) in [5, 5.41) is 16.3. The fourth-order valence-corrected chi connectivity index (χ4v) is 1.05. The summed E-state index contributed by atoms with van der Waals surface area (Å²) in [5.74, 6) is 0.610. The van der Waals surface area contributed by atoms with E-state index in [2.05, 4.69) is 13.8 Å². The molecule has 0 aromatic heterocycles. The van der Waals surface area contributed by atoms with Gasteiger partial charge in [0.25, 0.3) is 0 Å². The molecular formula is C10H13NO. The molecule has 0 saturated carbocycles. The molecule has 2 heteroatoms. The Bertz CT molecular complexity index is 292.